The highest BCUT2D eigenvalue weighted by Gasteiger charge is 2.30. The molecule has 1 amide bonds. The molecule has 0 bridgehead atoms. The van der Waals surface area contributed by atoms with Gasteiger partial charge in [0.15, 0.2) is 5.13 Å². The number of nitrogens with zero attached hydrogens (tertiary/aromatic N) is 4. The highest BCUT2D eigenvalue weighted by Crippen LogP contribution is 2.22. The van der Waals surface area contributed by atoms with Gasteiger partial charge in [-0.3, -0.25) is 9.78 Å². The summed E-state index contributed by atoms with van der Waals surface area (Å²) in [5.41, 5.74) is 0.257. The van der Waals surface area contributed by atoms with Gasteiger partial charge in [0, 0.05) is 37.1 Å². The molecular weight excluding hydrogens is 290 g/mol. The first-order valence-electron chi connectivity index (χ1n) is 6.63. The molecule has 3 rings (SSSR count). The van der Waals surface area contributed by atoms with E-state index in [1.54, 1.807) is 17.5 Å². The van der Waals surface area contributed by atoms with Crippen LogP contribution in [0, 0.1) is 0 Å². The summed E-state index contributed by atoms with van der Waals surface area (Å²) < 4.78 is 0. The Labute approximate surface area is 125 Å². The first-order valence-corrected chi connectivity index (χ1v) is 7.51. The van der Waals surface area contributed by atoms with Crippen LogP contribution in [-0.4, -0.2) is 51.2 Å². The summed E-state index contributed by atoms with van der Waals surface area (Å²) in [4.78, 5) is 26.1. The van der Waals surface area contributed by atoms with Crippen LogP contribution in [0.1, 0.15) is 16.9 Å². The molecule has 0 aliphatic carbocycles. The number of carbonyl (C=O) groups excluding carboxylic acids is 1. The van der Waals surface area contributed by atoms with Crippen LogP contribution in [0.15, 0.2) is 30.2 Å². The van der Waals surface area contributed by atoms with Crippen LogP contribution < -0.4 is 10.2 Å². The molecule has 2 N–H and O–H groups in total. The summed E-state index contributed by atoms with van der Waals surface area (Å²) >= 11 is 1.54. The fourth-order valence-electron chi connectivity index (χ4n) is 2.30. The average molecular weight is 305 g/mol. The number of hydrogen-bond donors (Lipinski definition) is 2. The molecule has 1 aliphatic rings. The molecule has 7 nitrogen and oxygen atoms in total. The SMILES string of the molecule is O=C(N[C@@H]1CCN(c2nccs2)C[C@H]1O)c1cnccn1. The number of rotatable bonds is 3. The highest BCUT2D eigenvalue weighted by atomic mass is 32.1. The maximum atomic E-state index is 12.0. The number of thiazole rings is 1. The van der Waals surface area contributed by atoms with Crippen molar-refractivity contribution in [2.24, 2.45) is 0 Å². The maximum absolute atomic E-state index is 12.0. The molecule has 2 aromatic heterocycles. The van der Waals surface area contributed by atoms with E-state index in [4.69, 9.17) is 0 Å². The van der Waals surface area contributed by atoms with Crippen LogP contribution in [0.3, 0.4) is 0 Å². The number of piperidine rings is 1. The molecule has 3 heterocycles. The fraction of sp³-hybridized carbons (Fsp3) is 0.385. The van der Waals surface area contributed by atoms with Gasteiger partial charge in [-0.1, -0.05) is 0 Å². The zero-order valence-corrected chi connectivity index (χ0v) is 12.0. The molecule has 1 fully saturated rings. The summed E-state index contributed by atoms with van der Waals surface area (Å²) in [6, 6.07) is -0.282. The van der Waals surface area contributed by atoms with Crippen molar-refractivity contribution in [3.8, 4) is 0 Å². The molecule has 2 aromatic rings. The lowest BCUT2D eigenvalue weighted by molar-refractivity contribution is 0.0793. The third-order valence-corrected chi connectivity index (χ3v) is 4.22. The molecule has 8 heteroatoms. The van der Waals surface area contributed by atoms with Crippen LogP contribution in [-0.2, 0) is 0 Å². The standard InChI is InChI=1S/C13H15N5O2S/c19-11-8-18(13-16-4-6-21-13)5-1-9(11)17-12(20)10-7-14-2-3-15-10/h2-4,6-7,9,11,19H,1,5,8H2,(H,17,20)/t9-,11-/m1/s1. The zero-order valence-electron chi connectivity index (χ0n) is 11.2. The Morgan fingerprint density at radius 1 is 1.38 bits per heavy atom. The number of anilines is 1. The minimum atomic E-state index is -0.636. The van der Waals surface area contributed by atoms with Gasteiger partial charge in [-0.05, 0) is 6.42 Å². The number of amides is 1. The van der Waals surface area contributed by atoms with E-state index in [9.17, 15) is 9.90 Å². The van der Waals surface area contributed by atoms with Gasteiger partial charge in [-0.2, -0.15) is 0 Å². The second-order valence-corrected chi connectivity index (χ2v) is 5.66. The van der Waals surface area contributed by atoms with E-state index in [0.717, 1.165) is 11.7 Å². The van der Waals surface area contributed by atoms with Gasteiger partial charge in [0.05, 0.1) is 18.3 Å². The summed E-state index contributed by atoms with van der Waals surface area (Å²) in [5, 5.41) is 15.8. The van der Waals surface area contributed by atoms with E-state index in [1.165, 1.54) is 18.6 Å². The molecule has 21 heavy (non-hydrogen) atoms. The molecule has 0 aromatic carbocycles. The third kappa shape index (κ3) is 3.17. The predicted octanol–water partition coefficient (Wildman–Crippen LogP) is 0.303. The van der Waals surface area contributed by atoms with Gasteiger partial charge in [-0.25, -0.2) is 9.97 Å². The topological polar surface area (TPSA) is 91.2 Å². The van der Waals surface area contributed by atoms with Gasteiger partial charge in [0.25, 0.3) is 5.91 Å². The van der Waals surface area contributed by atoms with Crippen LogP contribution >= 0.6 is 11.3 Å². The smallest absolute Gasteiger partial charge is 0.271 e. The number of carbonyl (C=O) groups is 1. The average Bonchev–Trinajstić information content (AvgIpc) is 3.04. The first kappa shape index (κ1) is 13.9. The van der Waals surface area contributed by atoms with Gasteiger partial charge < -0.3 is 15.3 Å². The Bertz CT molecular complexity index is 592. The molecule has 1 aliphatic heterocycles. The number of β-amino-alcohol motifs (C(OH)–C–C–N with tert-alkyl or cyclic N) is 1. The Hall–Kier alpha value is -2.06. The molecule has 1 saturated heterocycles. The van der Waals surface area contributed by atoms with Crippen molar-refractivity contribution in [1.82, 2.24) is 20.3 Å². The second-order valence-electron chi connectivity index (χ2n) is 4.79. The van der Waals surface area contributed by atoms with Crippen LogP contribution in [0.25, 0.3) is 0 Å². The van der Waals surface area contributed by atoms with Gasteiger partial charge in [-0.15, -0.1) is 11.3 Å². The van der Waals surface area contributed by atoms with Crippen molar-refractivity contribution in [3.63, 3.8) is 0 Å². The minimum Gasteiger partial charge on any atom is -0.389 e. The van der Waals surface area contributed by atoms with E-state index in [0.29, 0.717) is 13.0 Å². The van der Waals surface area contributed by atoms with E-state index in [1.807, 2.05) is 10.3 Å². The summed E-state index contributed by atoms with van der Waals surface area (Å²) in [7, 11) is 0. The van der Waals surface area contributed by atoms with Gasteiger partial charge >= 0.3 is 0 Å². The number of aromatic nitrogens is 3. The predicted molar refractivity (Wildman–Crippen MR) is 78.2 cm³/mol. The number of aliphatic hydroxyl groups excluding tert-OH is 1. The normalized spacial score (nSPS) is 22.0. The fourth-order valence-corrected chi connectivity index (χ4v) is 2.98. The molecule has 2 atom stereocenters. The lowest BCUT2D eigenvalue weighted by atomic mass is 10.0. The van der Waals surface area contributed by atoms with Crippen molar-refractivity contribution in [2.45, 2.75) is 18.6 Å². The molecular formula is C13H15N5O2S. The zero-order chi connectivity index (χ0) is 14.7. The monoisotopic (exact) mass is 305 g/mol. The maximum Gasteiger partial charge on any atom is 0.271 e. The quantitative estimate of drug-likeness (QED) is 0.847. The largest absolute Gasteiger partial charge is 0.389 e. The summed E-state index contributed by atoms with van der Waals surface area (Å²) in [6.45, 7) is 1.20. The van der Waals surface area contributed by atoms with Crippen molar-refractivity contribution >= 4 is 22.4 Å². The summed E-state index contributed by atoms with van der Waals surface area (Å²) in [5.74, 6) is -0.310. The Morgan fingerprint density at radius 3 is 2.95 bits per heavy atom. The van der Waals surface area contributed by atoms with Crippen molar-refractivity contribution < 1.29 is 9.90 Å². The van der Waals surface area contributed by atoms with Crippen LogP contribution in [0.4, 0.5) is 5.13 Å². The van der Waals surface area contributed by atoms with Crippen LogP contribution in [0.5, 0.6) is 0 Å². The lowest BCUT2D eigenvalue weighted by Crippen LogP contribution is -2.54. The minimum absolute atomic E-state index is 0.257. The molecule has 0 spiro atoms. The Balaban J connectivity index is 1.60. The van der Waals surface area contributed by atoms with Crippen LogP contribution in [0.2, 0.25) is 0 Å². The number of aliphatic hydroxyl groups is 1. The molecule has 0 saturated carbocycles. The molecule has 0 radical (unpaired) electrons. The van der Waals surface area contributed by atoms with E-state index in [-0.39, 0.29) is 17.6 Å². The number of nitrogens with one attached hydrogen (secondary N) is 1. The Kier molecular flexibility index (Phi) is 4.07. The summed E-state index contributed by atoms with van der Waals surface area (Å²) in [6.07, 6.45) is 6.16. The van der Waals surface area contributed by atoms with E-state index < -0.39 is 6.10 Å². The second kappa shape index (κ2) is 6.15. The van der Waals surface area contributed by atoms with E-state index in [2.05, 4.69) is 20.3 Å². The van der Waals surface area contributed by atoms with Crippen molar-refractivity contribution in [1.29, 1.82) is 0 Å². The molecule has 110 valence electrons. The van der Waals surface area contributed by atoms with Crippen molar-refractivity contribution in [2.75, 3.05) is 18.0 Å². The highest BCUT2D eigenvalue weighted by molar-refractivity contribution is 7.13. The first-order chi connectivity index (χ1) is 10.2. The van der Waals surface area contributed by atoms with E-state index >= 15 is 0 Å². The number of hydrogen-bond acceptors (Lipinski definition) is 7. The molecule has 0 unspecified atom stereocenters. The van der Waals surface area contributed by atoms with Gasteiger partial charge in [0.1, 0.15) is 5.69 Å². The Morgan fingerprint density at radius 2 is 2.29 bits per heavy atom. The third-order valence-electron chi connectivity index (χ3n) is 3.38. The van der Waals surface area contributed by atoms with Gasteiger partial charge in [0.2, 0.25) is 0 Å². The van der Waals surface area contributed by atoms with Crippen molar-refractivity contribution in [3.05, 3.63) is 35.9 Å². The lowest BCUT2D eigenvalue weighted by Gasteiger charge is -2.36.